The molecule has 0 fully saturated rings. The van der Waals surface area contributed by atoms with Gasteiger partial charge in [0, 0.05) is 63.3 Å². The lowest BCUT2D eigenvalue weighted by Gasteiger charge is -2.14. The fraction of sp³-hybridized carbons (Fsp3) is 0.304. The predicted octanol–water partition coefficient (Wildman–Crippen LogP) is 2.27. The number of nitrogens with one attached hydrogen (secondary N) is 1. The average molecular weight is 447 g/mol. The van der Waals surface area contributed by atoms with E-state index in [1.54, 1.807) is 31.2 Å². The minimum atomic E-state index is -0.181. The predicted molar refractivity (Wildman–Crippen MR) is 125 cm³/mol. The number of fused-ring (bicyclic) bond motifs is 2. The van der Waals surface area contributed by atoms with Gasteiger partial charge in [-0.05, 0) is 25.1 Å². The van der Waals surface area contributed by atoms with E-state index in [9.17, 15) is 4.79 Å². The van der Waals surface area contributed by atoms with E-state index in [0.29, 0.717) is 36.1 Å². The van der Waals surface area contributed by atoms with E-state index in [-0.39, 0.29) is 5.91 Å². The minimum Gasteiger partial charge on any atom is -0.493 e. The molecule has 0 unspecified atom stereocenters. The number of imidazole rings is 1. The van der Waals surface area contributed by atoms with Gasteiger partial charge in [-0.15, -0.1) is 0 Å². The molecule has 3 N–H and O–H groups in total. The molecular formula is C23H26N8O2. The maximum Gasteiger partial charge on any atom is 0.273 e. The fourth-order valence-corrected chi connectivity index (χ4v) is 4.22. The highest BCUT2D eigenvalue weighted by Gasteiger charge is 2.21. The molecule has 0 saturated heterocycles. The number of amides is 1. The number of aromatic nitrogens is 5. The molecule has 0 bridgehead atoms. The number of ether oxygens (including phenoxy) is 1. The number of carbonyl (C=O) groups is 1. The molecule has 0 spiro atoms. The molecule has 0 aliphatic carbocycles. The summed E-state index contributed by atoms with van der Waals surface area (Å²) < 4.78 is 9.28. The van der Waals surface area contributed by atoms with Gasteiger partial charge in [0.05, 0.1) is 23.6 Å². The number of rotatable bonds is 5. The molecule has 1 aliphatic heterocycles. The zero-order valence-corrected chi connectivity index (χ0v) is 19.1. The molecule has 1 amide bonds. The number of nitrogens with two attached hydrogens (primary N) is 1. The van der Waals surface area contributed by atoms with Gasteiger partial charge < -0.3 is 20.7 Å². The highest BCUT2D eigenvalue weighted by Crippen LogP contribution is 2.33. The largest absolute Gasteiger partial charge is 0.493 e. The molecule has 0 saturated carbocycles. The number of hydrogen-bond donors (Lipinski definition) is 2. The van der Waals surface area contributed by atoms with E-state index in [2.05, 4.69) is 20.4 Å². The second-order valence-electron chi connectivity index (χ2n) is 8.37. The Morgan fingerprint density at radius 3 is 2.88 bits per heavy atom. The van der Waals surface area contributed by atoms with Gasteiger partial charge in [-0.25, -0.2) is 9.97 Å². The first kappa shape index (κ1) is 20.8. The molecule has 4 aromatic rings. The maximum absolute atomic E-state index is 12.7. The van der Waals surface area contributed by atoms with Gasteiger partial charge in [0.1, 0.15) is 11.4 Å². The van der Waals surface area contributed by atoms with Gasteiger partial charge in [-0.1, -0.05) is 0 Å². The quantitative estimate of drug-likeness (QED) is 0.452. The van der Waals surface area contributed by atoms with Crippen molar-refractivity contribution in [1.29, 1.82) is 0 Å². The van der Waals surface area contributed by atoms with Crippen LogP contribution in [0.3, 0.4) is 0 Å². The summed E-state index contributed by atoms with van der Waals surface area (Å²) in [4.78, 5) is 23.5. The lowest BCUT2D eigenvalue weighted by Crippen LogP contribution is -2.21. The summed E-state index contributed by atoms with van der Waals surface area (Å²) in [6.07, 6.45) is 4.29. The van der Waals surface area contributed by atoms with Gasteiger partial charge in [0.2, 0.25) is 5.95 Å². The minimum absolute atomic E-state index is 0.181. The van der Waals surface area contributed by atoms with Crippen LogP contribution in [0.25, 0.3) is 16.9 Å². The molecule has 170 valence electrons. The van der Waals surface area contributed by atoms with Crippen molar-refractivity contribution in [2.24, 2.45) is 7.05 Å². The van der Waals surface area contributed by atoms with Gasteiger partial charge >= 0.3 is 0 Å². The molecule has 4 heterocycles. The van der Waals surface area contributed by atoms with Crippen molar-refractivity contribution in [3.63, 3.8) is 0 Å². The SMILES string of the molecule is Cc1cc(-c2cnc(NCc3c(N)ccc4c3CCO4)n3cc(C(=O)N(C)C)nc23)n(C)n1. The average Bonchev–Trinajstić information content (AvgIpc) is 3.50. The standard InChI is InChI=1S/C23H26N8O2/c1-13-9-19(30(4)28-13)16-11-26-23(31-12-18(27-21(16)31)22(32)29(2)3)25-10-15-14-7-8-33-20(14)6-5-17(15)24/h5-6,9,11-12H,7-8,10,24H2,1-4H3,(H,25,26). The molecule has 0 radical (unpaired) electrons. The second kappa shape index (κ2) is 7.80. The molecule has 1 aliphatic rings. The van der Waals surface area contributed by atoms with Crippen LogP contribution in [0.5, 0.6) is 5.75 Å². The first-order valence-electron chi connectivity index (χ1n) is 10.7. The monoisotopic (exact) mass is 446 g/mol. The molecule has 0 atom stereocenters. The Balaban J connectivity index is 1.59. The Labute approximate surface area is 191 Å². The second-order valence-corrected chi connectivity index (χ2v) is 8.37. The summed E-state index contributed by atoms with van der Waals surface area (Å²) in [6.45, 7) is 3.06. The normalized spacial score (nSPS) is 12.6. The number of anilines is 2. The Morgan fingerprint density at radius 1 is 1.33 bits per heavy atom. The van der Waals surface area contributed by atoms with Gasteiger partial charge in [0.15, 0.2) is 5.65 Å². The summed E-state index contributed by atoms with van der Waals surface area (Å²) in [5.74, 6) is 1.26. The van der Waals surface area contributed by atoms with Crippen LogP contribution in [0.1, 0.15) is 27.3 Å². The first-order chi connectivity index (χ1) is 15.8. The Morgan fingerprint density at radius 2 is 2.15 bits per heavy atom. The van der Waals surface area contributed by atoms with Crippen LogP contribution in [0, 0.1) is 6.92 Å². The number of benzene rings is 1. The lowest BCUT2D eigenvalue weighted by molar-refractivity contribution is 0.0822. The van der Waals surface area contributed by atoms with Crippen molar-refractivity contribution in [3.05, 3.63) is 53.1 Å². The maximum atomic E-state index is 12.7. The zero-order chi connectivity index (χ0) is 23.3. The number of hydrogen-bond acceptors (Lipinski definition) is 7. The topological polar surface area (TPSA) is 116 Å². The van der Waals surface area contributed by atoms with Gasteiger partial charge in [-0.3, -0.25) is 13.9 Å². The smallest absolute Gasteiger partial charge is 0.273 e. The van der Waals surface area contributed by atoms with E-state index in [1.165, 1.54) is 4.90 Å². The zero-order valence-electron chi connectivity index (χ0n) is 19.1. The molecule has 3 aromatic heterocycles. The number of carbonyl (C=O) groups excluding carboxylic acids is 1. The van der Waals surface area contributed by atoms with Gasteiger partial charge in [0.25, 0.3) is 5.91 Å². The molecule has 33 heavy (non-hydrogen) atoms. The summed E-state index contributed by atoms with van der Waals surface area (Å²) in [7, 11) is 5.28. The molecule has 10 nitrogen and oxygen atoms in total. The van der Waals surface area contributed by atoms with Crippen LogP contribution in [-0.2, 0) is 20.0 Å². The van der Waals surface area contributed by atoms with Crippen LogP contribution >= 0.6 is 0 Å². The molecular weight excluding hydrogens is 420 g/mol. The van der Waals surface area contributed by atoms with Crippen molar-refractivity contribution in [1.82, 2.24) is 29.0 Å². The van der Waals surface area contributed by atoms with Gasteiger partial charge in [-0.2, -0.15) is 5.10 Å². The van der Waals surface area contributed by atoms with Crippen molar-refractivity contribution in [2.75, 3.05) is 31.8 Å². The van der Waals surface area contributed by atoms with Crippen LogP contribution in [0.2, 0.25) is 0 Å². The lowest BCUT2D eigenvalue weighted by atomic mass is 10.0. The number of nitrogens with zero attached hydrogens (tertiary/aromatic N) is 6. The number of nitrogen functional groups attached to an aromatic ring is 1. The van der Waals surface area contributed by atoms with E-state index < -0.39 is 0 Å². The third-order valence-corrected chi connectivity index (χ3v) is 5.85. The van der Waals surface area contributed by atoms with Crippen molar-refractivity contribution in [2.45, 2.75) is 19.9 Å². The molecule has 1 aromatic carbocycles. The summed E-state index contributed by atoms with van der Waals surface area (Å²) >= 11 is 0. The summed E-state index contributed by atoms with van der Waals surface area (Å²) in [5.41, 5.74) is 12.6. The van der Waals surface area contributed by atoms with Crippen LogP contribution in [0.4, 0.5) is 11.6 Å². The van der Waals surface area contributed by atoms with E-state index >= 15 is 0 Å². The van der Waals surface area contributed by atoms with Crippen LogP contribution in [0.15, 0.2) is 30.6 Å². The van der Waals surface area contributed by atoms with Crippen molar-refractivity contribution in [3.8, 4) is 17.0 Å². The van der Waals surface area contributed by atoms with E-state index in [4.69, 9.17) is 10.5 Å². The highest BCUT2D eigenvalue weighted by atomic mass is 16.5. The van der Waals surface area contributed by atoms with Crippen LogP contribution in [-0.4, -0.2) is 55.7 Å². The highest BCUT2D eigenvalue weighted by molar-refractivity contribution is 5.93. The summed E-state index contributed by atoms with van der Waals surface area (Å²) in [5, 5.41) is 7.82. The number of aryl methyl sites for hydroxylation is 2. The molecule has 5 rings (SSSR count). The Hall–Kier alpha value is -4.08. The Bertz CT molecular complexity index is 1390. The van der Waals surface area contributed by atoms with Crippen LogP contribution < -0.4 is 15.8 Å². The van der Waals surface area contributed by atoms with Crippen molar-refractivity contribution >= 4 is 23.2 Å². The fourth-order valence-electron chi connectivity index (χ4n) is 4.22. The van der Waals surface area contributed by atoms with E-state index in [1.807, 2.05) is 36.6 Å². The Kier molecular flexibility index (Phi) is 4.92. The summed E-state index contributed by atoms with van der Waals surface area (Å²) in [6, 6.07) is 5.75. The van der Waals surface area contributed by atoms with E-state index in [0.717, 1.165) is 40.2 Å². The third kappa shape index (κ3) is 3.53. The third-order valence-electron chi connectivity index (χ3n) is 5.85. The first-order valence-corrected chi connectivity index (χ1v) is 10.7. The van der Waals surface area contributed by atoms with Crippen molar-refractivity contribution < 1.29 is 9.53 Å². The molecule has 10 heteroatoms.